The van der Waals surface area contributed by atoms with E-state index in [2.05, 4.69) is 21.7 Å². The van der Waals surface area contributed by atoms with E-state index in [1.54, 1.807) is 0 Å². The number of rotatable bonds is 1. The Balaban J connectivity index is 2.11. The molecule has 104 valence electrons. The molecule has 0 bridgehead atoms. The van der Waals surface area contributed by atoms with Gasteiger partial charge in [-0.05, 0) is 47.6 Å². The molecule has 0 fully saturated rings. The molecule has 0 radical (unpaired) electrons. The molecule has 1 aromatic rings. The third-order valence-corrected chi connectivity index (χ3v) is 4.35. The molecule has 0 saturated carbocycles. The lowest BCUT2D eigenvalue weighted by Gasteiger charge is -2.42. The van der Waals surface area contributed by atoms with E-state index >= 15 is 0 Å². The average Bonchev–Trinajstić information content (AvgIpc) is 2.42. The molecule has 20 heavy (non-hydrogen) atoms. The summed E-state index contributed by atoms with van der Waals surface area (Å²) < 4.78 is 0. The predicted molar refractivity (Wildman–Crippen MR) is 88.2 cm³/mol. The molecule has 0 unspecified atom stereocenters. The Morgan fingerprint density at radius 1 is 1.25 bits per heavy atom. The van der Waals surface area contributed by atoms with Gasteiger partial charge in [-0.3, -0.25) is 4.90 Å². The second-order valence-corrected chi connectivity index (χ2v) is 5.91. The van der Waals surface area contributed by atoms with Gasteiger partial charge in [0.1, 0.15) is 0 Å². The maximum absolute atomic E-state index is 5.98. The van der Waals surface area contributed by atoms with Crippen LogP contribution in [0.3, 0.4) is 0 Å². The van der Waals surface area contributed by atoms with Crippen molar-refractivity contribution in [2.75, 3.05) is 31.6 Å². The molecule has 0 spiro atoms. The van der Waals surface area contributed by atoms with Crippen LogP contribution in [0.1, 0.15) is 0 Å². The van der Waals surface area contributed by atoms with Gasteiger partial charge in [-0.25, -0.2) is 0 Å². The molecule has 2 aliphatic rings. The maximum atomic E-state index is 5.98. The second-order valence-electron chi connectivity index (χ2n) is 5.11. The molecular weight excluding hydrogens is 290 g/mol. The zero-order valence-electron chi connectivity index (χ0n) is 11.3. The lowest BCUT2D eigenvalue weighted by atomic mass is 9.99. The molecule has 1 aromatic carbocycles. The zero-order chi connectivity index (χ0) is 14.3. The highest BCUT2D eigenvalue weighted by atomic mass is 35.5. The van der Waals surface area contributed by atoms with Crippen LogP contribution in [-0.2, 0) is 0 Å². The summed E-state index contributed by atoms with van der Waals surface area (Å²) in [5, 5.41) is 4.90. The quantitative estimate of drug-likeness (QED) is 0.804. The first kappa shape index (κ1) is 13.6. The first-order valence-corrected chi connectivity index (χ1v) is 7.28. The molecule has 2 heterocycles. The molecular formula is C15H16ClN3S. The predicted octanol–water partition coefficient (Wildman–Crippen LogP) is 2.79. The summed E-state index contributed by atoms with van der Waals surface area (Å²) in [5.74, 6) is 0. The Kier molecular flexibility index (Phi) is 3.54. The van der Waals surface area contributed by atoms with Gasteiger partial charge in [-0.1, -0.05) is 18.2 Å². The number of halogens is 1. The summed E-state index contributed by atoms with van der Waals surface area (Å²) in [4.78, 5) is 4.19. The fraction of sp³-hybridized carbons (Fsp3) is 0.267. The van der Waals surface area contributed by atoms with Crippen LogP contribution in [0.4, 0.5) is 5.69 Å². The Hall–Kier alpha value is -1.36. The van der Waals surface area contributed by atoms with Gasteiger partial charge in [0.05, 0.1) is 5.70 Å². The van der Waals surface area contributed by atoms with Crippen LogP contribution >= 0.6 is 23.8 Å². The number of likely N-dealkylation sites (N-methyl/N-ethyl adjacent to an activating group) is 1. The number of benzene rings is 1. The van der Waals surface area contributed by atoms with Gasteiger partial charge in [0.25, 0.3) is 0 Å². The van der Waals surface area contributed by atoms with Gasteiger partial charge < -0.3 is 10.2 Å². The number of hydrogen-bond acceptors (Lipinski definition) is 2. The minimum absolute atomic E-state index is 0.725. The number of hydrogen-bond donors (Lipinski definition) is 1. The molecule has 0 atom stereocenters. The van der Waals surface area contributed by atoms with E-state index in [-0.39, 0.29) is 0 Å². The van der Waals surface area contributed by atoms with E-state index in [0.29, 0.717) is 0 Å². The van der Waals surface area contributed by atoms with Crippen molar-refractivity contribution in [2.45, 2.75) is 0 Å². The van der Waals surface area contributed by atoms with Gasteiger partial charge in [0.2, 0.25) is 0 Å². The topological polar surface area (TPSA) is 18.5 Å². The third-order valence-electron chi connectivity index (χ3n) is 3.60. The Morgan fingerprint density at radius 2 is 1.95 bits per heavy atom. The Morgan fingerprint density at radius 3 is 2.65 bits per heavy atom. The smallest absolute Gasteiger partial charge is 0.180 e. The van der Waals surface area contributed by atoms with E-state index < -0.39 is 0 Å². The molecule has 3 rings (SSSR count). The first-order valence-electron chi connectivity index (χ1n) is 6.49. The van der Waals surface area contributed by atoms with Crippen molar-refractivity contribution in [1.29, 1.82) is 0 Å². The SMILES string of the molecule is C=C1CNCC2=C1N(c1ccc(Cl)cc1)C(=S)N(C)C2. The van der Waals surface area contributed by atoms with Crippen molar-refractivity contribution in [1.82, 2.24) is 10.2 Å². The minimum atomic E-state index is 0.725. The molecule has 0 saturated heterocycles. The average molecular weight is 306 g/mol. The lowest BCUT2D eigenvalue weighted by molar-refractivity contribution is 0.513. The Labute approximate surface area is 129 Å². The van der Waals surface area contributed by atoms with Crippen molar-refractivity contribution in [3.63, 3.8) is 0 Å². The number of nitrogens with zero attached hydrogens (tertiary/aromatic N) is 2. The fourth-order valence-corrected chi connectivity index (χ4v) is 3.07. The summed E-state index contributed by atoms with van der Waals surface area (Å²) in [5.41, 5.74) is 4.60. The van der Waals surface area contributed by atoms with Crippen molar-refractivity contribution in [3.8, 4) is 0 Å². The maximum Gasteiger partial charge on any atom is 0.180 e. The van der Waals surface area contributed by atoms with Crippen LogP contribution in [0.15, 0.2) is 47.7 Å². The molecule has 0 aromatic heterocycles. The van der Waals surface area contributed by atoms with Gasteiger partial charge in [-0.15, -0.1) is 0 Å². The van der Waals surface area contributed by atoms with Crippen molar-refractivity contribution in [2.24, 2.45) is 0 Å². The van der Waals surface area contributed by atoms with E-state index in [1.165, 1.54) is 5.57 Å². The number of nitrogens with one attached hydrogen (secondary N) is 1. The third kappa shape index (κ3) is 2.24. The first-order chi connectivity index (χ1) is 9.58. The van der Waals surface area contributed by atoms with Crippen LogP contribution in [0.5, 0.6) is 0 Å². The number of thiocarbonyl (C=S) groups is 1. The second kappa shape index (κ2) is 5.20. The van der Waals surface area contributed by atoms with E-state index in [0.717, 1.165) is 46.7 Å². The molecule has 2 aliphatic heterocycles. The largest absolute Gasteiger partial charge is 0.347 e. The van der Waals surface area contributed by atoms with Crippen molar-refractivity contribution < 1.29 is 0 Å². The normalized spacial score (nSPS) is 19.5. The highest BCUT2D eigenvalue weighted by Crippen LogP contribution is 2.32. The fourth-order valence-electron chi connectivity index (χ4n) is 2.68. The van der Waals surface area contributed by atoms with E-state index in [9.17, 15) is 0 Å². The van der Waals surface area contributed by atoms with Crippen molar-refractivity contribution in [3.05, 3.63) is 52.7 Å². The van der Waals surface area contributed by atoms with Gasteiger partial charge in [0, 0.05) is 37.4 Å². The molecule has 1 N–H and O–H groups in total. The van der Waals surface area contributed by atoms with Crippen molar-refractivity contribution >= 4 is 34.6 Å². The van der Waals surface area contributed by atoms with Crippen LogP contribution in [0.2, 0.25) is 5.02 Å². The summed E-state index contributed by atoms with van der Waals surface area (Å²) in [6, 6.07) is 7.76. The highest BCUT2D eigenvalue weighted by Gasteiger charge is 2.31. The van der Waals surface area contributed by atoms with Crippen LogP contribution in [0, 0.1) is 0 Å². The monoisotopic (exact) mass is 305 g/mol. The summed E-state index contributed by atoms with van der Waals surface area (Å²) in [7, 11) is 2.02. The molecule has 0 aliphatic carbocycles. The van der Waals surface area contributed by atoms with Crippen LogP contribution in [-0.4, -0.2) is 36.7 Å². The standard InChI is InChI=1S/C15H16ClN3S/c1-10-7-17-8-11-9-18(2)15(20)19(14(10)11)13-5-3-12(16)4-6-13/h3-6,17H,1,7-9H2,2H3. The van der Waals surface area contributed by atoms with Crippen LogP contribution in [0.25, 0.3) is 0 Å². The van der Waals surface area contributed by atoms with Gasteiger partial charge >= 0.3 is 0 Å². The van der Waals surface area contributed by atoms with Crippen LogP contribution < -0.4 is 10.2 Å². The van der Waals surface area contributed by atoms with Gasteiger partial charge in [0.15, 0.2) is 5.11 Å². The summed E-state index contributed by atoms with van der Waals surface area (Å²) in [6.07, 6.45) is 0. The Bertz CT molecular complexity index is 606. The zero-order valence-corrected chi connectivity index (χ0v) is 12.9. The lowest BCUT2D eigenvalue weighted by Crippen LogP contribution is -2.50. The summed E-state index contributed by atoms with van der Waals surface area (Å²) in [6.45, 7) is 6.72. The molecule has 3 nitrogen and oxygen atoms in total. The molecule has 0 amide bonds. The van der Waals surface area contributed by atoms with Gasteiger partial charge in [-0.2, -0.15) is 0 Å². The highest BCUT2D eigenvalue weighted by molar-refractivity contribution is 7.80. The molecule has 5 heteroatoms. The minimum Gasteiger partial charge on any atom is -0.347 e. The summed E-state index contributed by atoms with van der Waals surface area (Å²) >= 11 is 11.6. The van der Waals surface area contributed by atoms with E-state index in [4.69, 9.17) is 23.8 Å². The van der Waals surface area contributed by atoms with E-state index in [1.807, 2.05) is 31.3 Å². The number of anilines is 1.